The molecule has 0 radical (unpaired) electrons. The number of hydrogen-bond acceptors (Lipinski definition) is 4. The van der Waals surface area contributed by atoms with Gasteiger partial charge in [-0.1, -0.05) is 44.4 Å². The molecule has 8 heteroatoms. The molecule has 1 heterocycles. The zero-order valence-corrected chi connectivity index (χ0v) is 16.1. The lowest BCUT2D eigenvalue weighted by atomic mass is 10.0. The number of hydrogen-bond donors (Lipinski definition) is 3. The van der Waals surface area contributed by atoms with E-state index in [1.807, 2.05) is 25.1 Å². The van der Waals surface area contributed by atoms with Gasteiger partial charge >= 0.3 is 11.9 Å². The average Bonchev–Trinajstić information content (AvgIpc) is 2.94. The van der Waals surface area contributed by atoms with Crippen LogP contribution in [-0.2, 0) is 19.2 Å². The number of unbranched alkanes of at least 4 members (excludes halogenated alkanes) is 3. The molecule has 1 saturated heterocycles. The van der Waals surface area contributed by atoms with Crippen molar-refractivity contribution in [1.29, 1.82) is 0 Å². The van der Waals surface area contributed by atoms with E-state index in [2.05, 4.69) is 5.43 Å². The summed E-state index contributed by atoms with van der Waals surface area (Å²) in [6.45, 7) is 2.05. The van der Waals surface area contributed by atoms with E-state index < -0.39 is 17.9 Å². The molecule has 28 heavy (non-hydrogen) atoms. The Morgan fingerprint density at radius 2 is 1.54 bits per heavy atom. The Morgan fingerprint density at radius 1 is 0.964 bits per heavy atom. The number of nitrogens with zero attached hydrogens (tertiary/aromatic N) is 1. The number of hydrazine groups is 1. The lowest BCUT2D eigenvalue weighted by Crippen LogP contribution is -2.35. The van der Waals surface area contributed by atoms with Gasteiger partial charge in [0.15, 0.2) is 0 Å². The van der Waals surface area contributed by atoms with Crippen LogP contribution in [-0.4, -0.2) is 34.0 Å². The minimum atomic E-state index is -0.819. The second kappa shape index (κ2) is 12.5. The fourth-order valence-corrected chi connectivity index (χ4v) is 2.67. The summed E-state index contributed by atoms with van der Waals surface area (Å²) in [4.78, 5) is 43.7. The number of aliphatic carboxylic acids is 2. The Morgan fingerprint density at radius 3 is 2.04 bits per heavy atom. The van der Waals surface area contributed by atoms with Crippen LogP contribution in [0.25, 0.3) is 0 Å². The second-order valence-corrected chi connectivity index (χ2v) is 6.53. The van der Waals surface area contributed by atoms with E-state index in [0.717, 1.165) is 12.8 Å². The van der Waals surface area contributed by atoms with E-state index in [4.69, 9.17) is 10.2 Å². The molecular weight excluding hydrogens is 364 g/mol. The number of carbonyl (C=O) groups is 4. The van der Waals surface area contributed by atoms with Crippen molar-refractivity contribution < 1.29 is 29.4 Å². The number of anilines is 1. The minimum Gasteiger partial charge on any atom is -0.481 e. The molecule has 8 nitrogen and oxygen atoms in total. The van der Waals surface area contributed by atoms with Crippen LogP contribution >= 0.6 is 0 Å². The molecular formula is C20H28N2O6. The Balaban J connectivity index is 0.000000311. The first-order chi connectivity index (χ1) is 13.4. The summed E-state index contributed by atoms with van der Waals surface area (Å²) < 4.78 is 0. The van der Waals surface area contributed by atoms with Gasteiger partial charge in [0.25, 0.3) is 11.8 Å². The van der Waals surface area contributed by atoms with Crippen LogP contribution in [0.3, 0.4) is 0 Å². The van der Waals surface area contributed by atoms with Crippen LogP contribution in [0.2, 0.25) is 0 Å². The lowest BCUT2D eigenvalue weighted by molar-refractivity contribution is -0.137. The van der Waals surface area contributed by atoms with Crippen LogP contribution in [0.5, 0.6) is 0 Å². The van der Waals surface area contributed by atoms with Crippen molar-refractivity contribution in [3.8, 4) is 0 Å². The summed E-state index contributed by atoms with van der Waals surface area (Å²) in [5.74, 6) is -2.49. The average molecular weight is 392 g/mol. The van der Waals surface area contributed by atoms with Crippen molar-refractivity contribution in [2.75, 3.05) is 5.01 Å². The molecule has 1 aliphatic heterocycles. The fraction of sp³-hybridized carbons (Fsp3) is 0.500. The van der Waals surface area contributed by atoms with E-state index in [-0.39, 0.29) is 24.7 Å². The monoisotopic (exact) mass is 392 g/mol. The number of carbonyl (C=O) groups excluding carboxylic acids is 2. The summed E-state index contributed by atoms with van der Waals surface area (Å²) in [5, 5.41) is 17.8. The zero-order chi connectivity index (χ0) is 20.9. The number of carboxylic acid groups (broad SMARTS) is 2. The first-order valence-corrected chi connectivity index (χ1v) is 9.50. The normalized spacial score (nSPS) is 15.6. The molecule has 1 aromatic rings. The number of nitrogens with one attached hydrogen (secondary N) is 1. The first kappa shape index (κ1) is 23.1. The van der Waals surface area contributed by atoms with Crippen LogP contribution < -0.4 is 10.4 Å². The molecule has 0 saturated carbocycles. The third-order valence-electron chi connectivity index (χ3n) is 4.20. The highest BCUT2D eigenvalue weighted by atomic mass is 16.4. The zero-order valence-electron chi connectivity index (χ0n) is 16.1. The molecule has 0 aliphatic carbocycles. The van der Waals surface area contributed by atoms with Gasteiger partial charge in [-0.05, 0) is 31.4 Å². The van der Waals surface area contributed by atoms with Gasteiger partial charge < -0.3 is 10.2 Å². The summed E-state index contributed by atoms with van der Waals surface area (Å²) in [6.07, 6.45) is 4.61. The summed E-state index contributed by atoms with van der Waals surface area (Å²) in [5.41, 5.74) is 3.34. The molecule has 2 rings (SSSR count). The maximum absolute atomic E-state index is 12.1. The van der Waals surface area contributed by atoms with Crippen molar-refractivity contribution >= 4 is 29.4 Å². The van der Waals surface area contributed by atoms with Gasteiger partial charge in [-0.25, -0.2) is 5.01 Å². The smallest absolute Gasteiger partial charge is 0.303 e. The van der Waals surface area contributed by atoms with Crippen molar-refractivity contribution in [2.24, 2.45) is 5.92 Å². The molecule has 0 bridgehead atoms. The van der Waals surface area contributed by atoms with Gasteiger partial charge in [-0.2, -0.15) is 0 Å². The van der Waals surface area contributed by atoms with E-state index in [1.54, 1.807) is 12.1 Å². The molecule has 2 amide bonds. The third-order valence-corrected chi connectivity index (χ3v) is 4.20. The highest BCUT2D eigenvalue weighted by molar-refractivity contribution is 6.14. The maximum atomic E-state index is 12.1. The molecule has 1 aromatic carbocycles. The van der Waals surface area contributed by atoms with Crippen molar-refractivity contribution in [3.63, 3.8) is 0 Å². The lowest BCUT2D eigenvalue weighted by Gasteiger charge is -2.14. The molecule has 3 N–H and O–H groups in total. The van der Waals surface area contributed by atoms with Gasteiger partial charge in [0, 0.05) is 12.8 Å². The second-order valence-electron chi connectivity index (χ2n) is 6.53. The standard InChI is InChI=1S/C13H16N2O2.C7H12O4/c1-2-3-9-11-12(16)14-15(13(11)17)10-7-5-4-6-8-10;8-6(9)4-2-1-3-5-7(10)11/h4-8,11H,2-3,9H2,1H3,(H,14,16);1-5H2,(H,8,9)(H,10,11). The molecule has 0 aromatic heterocycles. The van der Waals surface area contributed by atoms with Crippen molar-refractivity contribution in [2.45, 2.75) is 58.3 Å². The van der Waals surface area contributed by atoms with Crippen LogP contribution in [0.15, 0.2) is 30.3 Å². The molecule has 1 atom stereocenters. The minimum absolute atomic E-state index is 0.139. The quantitative estimate of drug-likeness (QED) is 0.415. The Labute approximate surface area is 164 Å². The Hall–Kier alpha value is -2.90. The topological polar surface area (TPSA) is 124 Å². The van der Waals surface area contributed by atoms with E-state index in [0.29, 0.717) is 31.4 Å². The SMILES string of the molecule is CCCCC1C(=O)NN(c2ccccc2)C1=O.O=C(O)CCCCCC(=O)O. The summed E-state index contributed by atoms with van der Waals surface area (Å²) >= 11 is 0. The van der Waals surface area contributed by atoms with E-state index in [9.17, 15) is 19.2 Å². The van der Waals surface area contributed by atoms with Gasteiger partial charge in [0.1, 0.15) is 5.92 Å². The highest BCUT2D eigenvalue weighted by Crippen LogP contribution is 2.22. The van der Waals surface area contributed by atoms with Gasteiger partial charge in [-0.3, -0.25) is 24.6 Å². The summed E-state index contributed by atoms with van der Waals surface area (Å²) in [6, 6.07) is 9.17. The maximum Gasteiger partial charge on any atom is 0.303 e. The fourth-order valence-electron chi connectivity index (χ4n) is 2.67. The van der Waals surface area contributed by atoms with Gasteiger partial charge in [0.2, 0.25) is 0 Å². The van der Waals surface area contributed by atoms with Crippen molar-refractivity contribution in [3.05, 3.63) is 30.3 Å². The number of rotatable bonds is 10. The van der Waals surface area contributed by atoms with Crippen molar-refractivity contribution in [1.82, 2.24) is 5.43 Å². The van der Waals surface area contributed by atoms with Crippen LogP contribution in [0, 0.1) is 5.92 Å². The van der Waals surface area contributed by atoms with E-state index >= 15 is 0 Å². The molecule has 1 unspecified atom stereocenters. The van der Waals surface area contributed by atoms with Crippen LogP contribution in [0.4, 0.5) is 5.69 Å². The first-order valence-electron chi connectivity index (χ1n) is 9.50. The van der Waals surface area contributed by atoms with E-state index in [1.165, 1.54) is 5.01 Å². The molecule has 0 spiro atoms. The largest absolute Gasteiger partial charge is 0.481 e. The number of carboxylic acids is 2. The highest BCUT2D eigenvalue weighted by Gasteiger charge is 2.39. The predicted molar refractivity (Wildman–Crippen MR) is 103 cm³/mol. The molecule has 1 fully saturated rings. The molecule has 1 aliphatic rings. The summed E-state index contributed by atoms with van der Waals surface area (Å²) in [7, 11) is 0. The number of benzene rings is 1. The number of para-hydroxylation sites is 1. The van der Waals surface area contributed by atoms with Gasteiger partial charge in [0.05, 0.1) is 5.69 Å². The Kier molecular flexibility index (Phi) is 10.3. The Bertz CT molecular complexity index is 646. The predicted octanol–water partition coefficient (Wildman–Crippen LogP) is 2.98. The van der Waals surface area contributed by atoms with Crippen LogP contribution in [0.1, 0.15) is 58.3 Å². The third kappa shape index (κ3) is 8.20. The number of amides is 2. The molecule has 154 valence electrons. The van der Waals surface area contributed by atoms with Gasteiger partial charge in [-0.15, -0.1) is 0 Å².